The molecule has 0 aliphatic rings. The number of amides is 1. The average Bonchev–Trinajstić information content (AvgIpc) is 2.46. The second-order valence-electron chi connectivity index (χ2n) is 4.75. The Bertz CT molecular complexity index is 608. The molecule has 9 heteroatoms. The third-order valence-electron chi connectivity index (χ3n) is 2.92. The lowest BCUT2D eigenvalue weighted by atomic mass is 10.2. The quantitative estimate of drug-likeness (QED) is 0.574. The van der Waals surface area contributed by atoms with Crippen LogP contribution in [0.1, 0.15) is 12.5 Å². The first-order valence-corrected chi connectivity index (χ1v) is 8.64. The van der Waals surface area contributed by atoms with Gasteiger partial charge in [0.15, 0.2) is 0 Å². The number of hydrogen-bond donors (Lipinski definition) is 3. The first kappa shape index (κ1) is 21.6. The molecular formula is C14H24ClN3O4S. The predicted molar refractivity (Wildman–Crippen MR) is 94.9 cm³/mol. The van der Waals surface area contributed by atoms with Crippen LogP contribution in [0, 0.1) is 6.92 Å². The number of sulfonamides is 1. The van der Waals surface area contributed by atoms with E-state index in [0.29, 0.717) is 24.5 Å². The number of nitrogens with one attached hydrogen (secondary N) is 3. The molecule has 1 amide bonds. The monoisotopic (exact) mass is 365 g/mol. The molecule has 132 valence electrons. The number of rotatable bonds is 9. The van der Waals surface area contributed by atoms with E-state index in [0.717, 1.165) is 5.56 Å². The SMILES string of the molecule is CCS(=O)(=O)Nc1ccc(NC(=O)CNCCOC)cc1C.Cl. The third-order valence-corrected chi connectivity index (χ3v) is 4.22. The molecule has 0 saturated carbocycles. The van der Waals surface area contributed by atoms with E-state index in [9.17, 15) is 13.2 Å². The molecule has 3 N–H and O–H groups in total. The van der Waals surface area contributed by atoms with Crippen LogP contribution >= 0.6 is 12.4 Å². The summed E-state index contributed by atoms with van der Waals surface area (Å²) in [7, 11) is -1.71. The van der Waals surface area contributed by atoms with Gasteiger partial charge in [0, 0.05) is 19.3 Å². The summed E-state index contributed by atoms with van der Waals surface area (Å²) in [5, 5.41) is 5.69. The molecule has 0 spiro atoms. The maximum atomic E-state index is 11.7. The fourth-order valence-corrected chi connectivity index (χ4v) is 2.39. The Morgan fingerprint density at radius 3 is 2.57 bits per heavy atom. The van der Waals surface area contributed by atoms with E-state index in [4.69, 9.17) is 4.74 Å². The minimum atomic E-state index is -3.31. The number of hydrogen-bond acceptors (Lipinski definition) is 5. The second-order valence-corrected chi connectivity index (χ2v) is 6.76. The van der Waals surface area contributed by atoms with Crippen LogP contribution in [0.3, 0.4) is 0 Å². The number of ether oxygens (including phenoxy) is 1. The van der Waals surface area contributed by atoms with Gasteiger partial charge in [-0.3, -0.25) is 9.52 Å². The molecular weight excluding hydrogens is 342 g/mol. The van der Waals surface area contributed by atoms with E-state index in [2.05, 4.69) is 15.4 Å². The predicted octanol–water partition coefficient (Wildman–Crippen LogP) is 1.35. The minimum Gasteiger partial charge on any atom is -0.383 e. The summed E-state index contributed by atoms with van der Waals surface area (Å²) >= 11 is 0. The molecule has 0 aliphatic carbocycles. The van der Waals surface area contributed by atoms with Gasteiger partial charge in [-0.05, 0) is 37.6 Å². The van der Waals surface area contributed by atoms with E-state index < -0.39 is 10.0 Å². The lowest BCUT2D eigenvalue weighted by molar-refractivity contribution is -0.115. The summed E-state index contributed by atoms with van der Waals surface area (Å²) in [6, 6.07) is 5.02. The Kier molecular flexibility index (Phi) is 9.82. The van der Waals surface area contributed by atoms with Gasteiger partial charge in [-0.25, -0.2) is 8.42 Å². The van der Waals surface area contributed by atoms with Crippen molar-refractivity contribution < 1.29 is 17.9 Å². The lowest BCUT2D eigenvalue weighted by Gasteiger charge is -2.12. The van der Waals surface area contributed by atoms with Crippen molar-refractivity contribution in [3.8, 4) is 0 Å². The van der Waals surface area contributed by atoms with E-state index >= 15 is 0 Å². The molecule has 7 nitrogen and oxygen atoms in total. The van der Waals surface area contributed by atoms with E-state index in [1.807, 2.05) is 0 Å². The molecule has 1 rings (SSSR count). The fourth-order valence-electron chi connectivity index (χ4n) is 1.68. The zero-order valence-electron chi connectivity index (χ0n) is 13.5. The zero-order chi connectivity index (χ0) is 16.6. The average molecular weight is 366 g/mol. The Balaban J connectivity index is 0.00000484. The smallest absolute Gasteiger partial charge is 0.238 e. The molecule has 0 aliphatic heterocycles. The highest BCUT2D eigenvalue weighted by Crippen LogP contribution is 2.20. The number of carbonyl (C=O) groups is 1. The number of carbonyl (C=O) groups excluding carboxylic acids is 1. The number of halogens is 1. The summed E-state index contributed by atoms with van der Waals surface area (Å²) in [5.74, 6) is -0.157. The van der Waals surface area contributed by atoms with Crippen LogP contribution in [0.2, 0.25) is 0 Å². The summed E-state index contributed by atoms with van der Waals surface area (Å²) in [6.07, 6.45) is 0. The van der Waals surface area contributed by atoms with Gasteiger partial charge in [-0.15, -0.1) is 12.4 Å². The molecule has 0 unspecified atom stereocenters. The van der Waals surface area contributed by atoms with Crippen LogP contribution in [-0.2, 0) is 19.6 Å². The van der Waals surface area contributed by atoms with Gasteiger partial charge in [0.2, 0.25) is 15.9 Å². The van der Waals surface area contributed by atoms with Crippen molar-refractivity contribution in [3.05, 3.63) is 23.8 Å². The van der Waals surface area contributed by atoms with Gasteiger partial charge in [-0.2, -0.15) is 0 Å². The van der Waals surface area contributed by atoms with Crippen molar-refractivity contribution in [2.24, 2.45) is 0 Å². The van der Waals surface area contributed by atoms with Crippen LogP contribution in [-0.4, -0.2) is 46.9 Å². The summed E-state index contributed by atoms with van der Waals surface area (Å²) < 4.78 is 30.5. The van der Waals surface area contributed by atoms with Crippen molar-refractivity contribution in [3.63, 3.8) is 0 Å². The zero-order valence-corrected chi connectivity index (χ0v) is 15.1. The van der Waals surface area contributed by atoms with E-state index in [1.54, 1.807) is 39.2 Å². The summed E-state index contributed by atoms with van der Waals surface area (Å²) in [4.78, 5) is 11.7. The highest BCUT2D eigenvalue weighted by molar-refractivity contribution is 7.92. The summed E-state index contributed by atoms with van der Waals surface area (Å²) in [6.45, 7) is 4.68. The molecule has 0 fully saturated rings. The number of anilines is 2. The molecule has 23 heavy (non-hydrogen) atoms. The number of methoxy groups -OCH3 is 1. The van der Waals surface area contributed by atoms with Gasteiger partial charge in [0.1, 0.15) is 0 Å². The Morgan fingerprint density at radius 1 is 1.30 bits per heavy atom. The Labute approximate surface area is 143 Å². The fraction of sp³-hybridized carbons (Fsp3) is 0.500. The maximum absolute atomic E-state index is 11.7. The topological polar surface area (TPSA) is 96.5 Å². The van der Waals surface area contributed by atoms with Crippen molar-refractivity contribution in [2.75, 3.05) is 42.6 Å². The van der Waals surface area contributed by atoms with Crippen molar-refractivity contribution in [1.29, 1.82) is 0 Å². The molecule has 0 saturated heterocycles. The van der Waals surface area contributed by atoms with Gasteiger partial charge in [0.25, 0.3) is 0 Å². The highest BCUT2D eigenvalue weighted by atomic mass is 35.5. The first-order valence-electron chi connectivity index (χ1n) is 6.98. The number of benzene rings is 1. The second kappa shape index (κ2) is 10.4. The van der Waals surface area contributed by atoms with Gasteiger partial charge in [0.05, 0.1) is 24.6 Å². The minimum absolute atomic E-state index is 0. The molecule has 0 bridgehead atoms. The van der Waals surface area contributed by atoms with Crippen LogP contribution in [0.4, 0.5) is 11.4 Å². The van der Waals surface area contributed by atoms with Crippen LogP contribution in [0.15, 0.2) is 18.2 Å². The maximum Gasteiger partial charge on any atom is 0.238 e. The van der Waals surface area contributed by atoms with Crippen LogP contribution in [0.25, 0.3) is 0 Å². The standard InChI is InChI=1S/C14H23N3O4S.ClH/c1-4-22(19,20)17-13-6-5-12(9-11(13)2)16-14(18)10-15-7-8-21-3;/h5-6,9,15,17H,4,7-8,10H2,1-3H3,(H,16,18);1H. The molecule has 0 heterocycles. The van der Waals surface area contributed by atoms with Crippen LogP contribution in [0.5, 0.6) is 0 Å². The van der Waals surface area contributed by atoms with E-state index in [-0.39, 0.29) is 30.6 Å². The van der Waals surface area contributed by atoms with Gasteiger partial charge < -0.3 is 15.4 Å². The Hall–Kier alpha value is -1.35. The molecule has 0 atom stereocenters. The third kappa shape index (κ3) is 8.17. The lowest BCUT2D eigenvalue weighted by Crippen LogP contribution is -2.30. The summed E-state index contributed by atoms with van der Waals surface area (Å²) in [5.41, 5.74) is 1.87. The molecule has 0 aromatic heterocycles. The normalized spacial score (nSPS) is 10.7. The highest BCUT2D eigenvalue weighted by Gasteiger charge is 2.10. The van der Waals surface area contributed by atoms with Crippen molar-refractivity contribution in [1.82, 2.24) is 5.32 Å². The molecule has 1 aromatic carbocycles. The van der Waals surface area contributed by atoms with Gasteiger partial charge in [-0.1, -0.05) is 0 Å². The number of aryl methyl sites for hydroxylation is 1. The van der Waals surface area contributed by atoms with Crippen molar-refractivity contribution >= 4 is 39.7 Å². The largest absolute Gasteiger partial charge is 0.383 e. The van der Waals surface area contributed by atoms with Gasteiger partial charge >= 0.3 is 0 Å². The molecule has 0 radical (unpaired) electrons. The van der Waals surface area contributed by atoms with E-state index in [1.165, 1.54) is 0 Å². The van der Waals surface area contributed by atoms with Crippen LogP contribution < -0.4 is 15.4 Å². The van der Waals surface area contributed by atoms with Crippen molar-refractivity contribution in [2.45, 2.75) is 13.8 Å². The Morgan fingerprint density at radius 2 is 2.00 bits per heavy atom. The molecule has 1 aromatic rings. The first-order chi connectivity index (χ1) is 10.4.